The molecule has 1 aliphatic heterocycles. The number of phenols is 1. The summed E-state index contributed by atoms with van der Waals surface area (Å²) in [4.78, 5) is 12.0. The van der Waals surface area contributed by atoms with Crippen LogP contribution in [0.15, 0.2) is 54.6 Å². The Labute approximate surface area is 178 Å². The van der Waals surface area contributed by atoms with E-state index >= 15 is 0 Å². The van der Waals surface area contributed by atoms with Gasteiger partial charge in [0.05, 0.1) is 6.61 Å². The number of aliphatic hydroxyl groups is 4. The number of aliphatic hydroxyl groups excluding tert-OH is 4. The van der Waals surface area contributed by atoms with E-state index in [0.29, 0.717) is 11.1 Å². The molecule has 5 unspecified atom stereocenters. The Kier molecular flexibility index (Phi) is 7.61. The highest BCUT2D eigenvalue weighted by molar-refractivity contribution is 5.87. The smallest absolute Gasteiger partial charge is 0.331 e. The van der Waals surface area contributed by atoms with E-state index in [-0.39, 0.29) is 18.1 Å². The molecule has 9 nitrogen and oxygen atoms in total. The first-order valence-corrected chi connectivity index (χ1v) is 9.58. The first-order valence-electron chi connectivity index (χ1n) is 9.58. The maximum absolute atomic E-state index is 12.0. The van der Waals surface area contributed by atoms with Gasteiger partial charge in [0.25, 0.3) is 0 Å². The number of aromatic hydroxyl groups is 1. The summed E-state index contributed by atoms with van der Waals surface area (Å²) < 4.78 is 16.2. The molecule has 31 heavy (non-hydrogen) atoms. The second kappa shape index (κ2) is 10.4. The highest BCUT2D eigenvalue weighted by atomic mass is 16.7. The third kappa shape index (κ3) is 5.81. The lowest BCUT2D eigenvalue weighted by molar-refractivity contribution is -0.277. The Morgan fingerprint density at radius 1 is 1.00 bits per heavy atom. The normalized spacial score (nSPS) is 26.0. The maximum Gasteiger partial charge on any atom is 0.331 e. The number of carbonyl (C=O) groups excluding carboxylic acids is 1. The number of phenolic OH excluding ortho intramolecular Hbond substituents is 1. The molecule has 0 spiro atoms. The molecule has 5 atom stereocenters. The van der Waals surface area contributed by atoms with E-state index in [1.165, 1.54) is 24.3 Å². The number of esters is 1. The van der Waals surface area contributed by atoms with Gasteiger partial charge in [0.1, 0.15) is 42.5 Å². The van der Waals surface area contributed by atoms with E-state index in [1.54, 1.807) is 36.4 Å². The van der Waals surface area contributed by atoms with Crippen LogP contribution in [0.5, 0.6) is 11.5 Å². The van der Waals surface area contributed by atoms with Gasteiger partial charge in [-0.05, 0) is 29.8 Å². The van der Waals surface area contributed by atoms with E-state index in [0.717, 1.165) is 0 Å². The second-order valence-corrected chi connectivity index (χ2v) is 6.96. The molecular formula is C22H24O9. The van der Waals surface area contributed by atoms with Crippen LogP contribution in [0.4, 0.5) is 0 Å². The minimum absolute atomic E-state index is 0.121. The lowest BCUT2D eigenvalue weighted by Gasteiger charge is -2.39. The zero-order chi connectivity index (χ0) is 22.4. The summed E-state index contributed by atoms with van der Waals surface area (Å²) in [6.45, 7) is -0.705. The molecule has 1 aliphatic rings. The van der Waals surface area contributed by atoms with Gasteiger partial charge in [-0.15, -0.1) is 0 Å². The molecule has 0 aliphatic carbocycles. The number of hydrogen-bond acceptors (Lipinski definition) is 9. The first-order chi connectivity index (χ1) is 14.9. The average molecular weight is 432 g/mol. The summed E-state index contributed by atoms with van der Waals surface area (Å²) in [5.74, 6) is -0.242. The summed E-state index contributed by atoms with van der Waals surface area (Å²) in [5, 5.41) is 48.4. The summed E-state index contributed by atoms with van der Waals surface area (Å²) in [5.41, 5.74) is 1.19. The second-order valence-electron chi connectivity index (χ2n) is 6.96. The predicted octanol–water partition coefficient (Wildman–Crippen LogP) is 0.327. The van der Waals surface area contributed by atoms with Gasteiger partial charge >= 0.3 is 5.97 Å². The van der Waals surface area contributed by atoms with Crippen molar-refractivity contribution in [2.45, 2.75) is 37.3 Å². The standard InChI is InChI=1S/C22H24O9/c23-11-17-19(26)20(27)21(28)22(31-17)30-16-4-2-1-3-14(16)12-29-18(25)10-7-13-5-8-15(24)9-6-13/h1-10,17,19-24,26-28H,11-12H2/b10-7-. The van der Waals surface area contributed by atoms with Crippen molar-refractivity contribution in [2.75, 3.05) is 6.61 Å². The van der Waals surface area contributed by atoms with Crippen molar-refractivity contribution in [3.8, 4) is 11.5 Å². The molecule has 0 radical (unpaired) electrons. The zero-order valence-electron chi connectivity index (χ0n) is 16.4. The highest BCUT2D eigenvalue weighted by Gasteiger charge is 2.44. The third-order valence-electron chi connectivity index (χ3n) is 4.74. The molecule has 1 saturated heterocycles. The molecule has 3 rings (SSSR count). The van der Waals surface area contributed by atoms with Crippen LogP contribution in [-0.2, 0) is 20.9 Å². The average Bonchev–Trinajstić information content (AvgIpc) is 2.78. The molecule has 9 heteroatoms. The van der Waals surface area contributed by atoms with Crippen molar-refractivity contribution in [3.63, 3.8) is 0 Å². The summed E-state index contributed by atoms with van der Waals surface area (Å²) in [7, 11) is 0. The van der Waals surface area contributed by atoms with Crippen LogP contribution in [0.25, 0.3) is 6.08 Å². The Hall–Kier alpha value is -2.95. The lowest BCUT2D eigenvalue weighted by atomic mass is 9.99. The molecule has 0 amide bonds. The van der Waals surface area contributed by atoms with Crippen molar-refractivity contribution in [2.24, 2.45) is 0 Å². The van der Waals surface area contributed by atoms with Crippen LogP contribution in [-0.4, -0.2) is 68.8 Å². The summed E-state index contributed by atoms with van der Waals surface area (Å²) >= 11 is 0. The molecular weight excluding hydrogens is 408 g/mol. The minimum atomic E-state index is -1.56. The van der Waals surface area contributed by atoms with Gasteiger partial charge in [-0.2, -0.15) is 0 Å². The fourth-order valence-electron chi connectivity index (χ4n) is 2.97. The van der Waals surface area contributed by atoms with Crippen LogP contribution in [0.3, 0.4) is 0 Å². The van der Waals surface area contributed by atoms with Gasteiger partial charge in [0, 0.05) is 11.6 Å². The fraction of sp³-hybridized carbons (Fsp3) is 0.318. The van der Waals surface area contributed by atoms with Crippen molar-refractivity contribution >= 4 is 12.0 Å². The fourth-order valence-corrected chi connectivity index (χ4v) is 2.97. The number of carbonyl (C=O) groups is 1. The molecule has 166 valence electrons. The highest BCUT2D eigenvalue weighted by Crippen LogP contribution is 2.27. The SMILES string of the molecule is O=C(/C=C\c1ccc(O)cc1)OCc1ccccc1OC1OC(CO)C(O)C(O)C1O. The molecule has 0 saturated carbocycles. The van der Waals surface area contributed by atoms with E-state index in [9.17, 15) is 30.3 Å². The number of para-hydroxylation sites is 1. The topological polar surface area (TPSA) is 146 Å². The number of benzene rings is 2. The molecule has 2 aromatic carbocycles. The lowest BCUT2D eigenvalue weighted by Crippen LogP contribution is -2.60. The molecule has 0 bridgehead atoms. The number of rotatable bonds is 7. The van der Waals surface area contributed by atoms with Crippen molar-refractivity contribution in [3.05, 3.63) is 65.7 Å². The number of ether oxygens (including phenoxy) is 3. The molecule has 2 aromatic rings. The minimum Gasteiger partial charge on any atom is -0.508 e. The third-order valence-corrected chi connectivity index (χ3v) is 4.74. The van der Waals surface area contributed by atoms with Crippen molar-refractivity contribution < 1.29 is 44.5 Å². The van der Waals surface area contributed by atoms with Gasteiger partial charge in [0.15, 0.2) is 0 Å². The Morgan fingerprint density at radius 3 is 2.42 bits per heavy atom. The van der Waals surface area contributed by atoms with E-state index in [2.05, 4.69) is 0 Å². The van der Waals surface area contributed by atoms with Crippen molar-refractivity contribution in [1.29, 1.82) is 0 Å². The van der Waals surface area contributed by atoms with Gasteiger partial charge in [-0.1, -0.05) is 30.3 Å². The van der Waals surface area contributed by atoms with Gasteiger partial charge in [-0.25, -0.2) is 4.79 Å². The van der Waals surface area contributed by atoms with Crippen molar-refractivity contribution in [1.82, 2.24) is 0 Å². The maximum atomic E-state index is 12.0. The first kappa shape index (κ1) is 22.7. The summed E-state index contributed by atoms with van der Waals surface area (Å²) in [6.07, 6.45) is -4.27. The Bertz CT molecular complexity index is 894. The van der Waals surface area contributed by atoms with Crippen LogP contribution in [0.1, 0.15) is 11.1 Å². The molecule has 5 N–H and O–H groups in total. The zero-order valence-corrected chi connectivity index (χ0v) is 16.4. The Balaban J connectivity index is 1.62. The Morgan fingerprint density at radius 2 is 1.71 bits per heavy atom. The van der Waals surface area contributed by atoms with E-state index in [1.807, 2.05) is 0 Å². The largest absolute Gasteiger partial charge is 0.508 e. The summed E-state index contributed by atoms with van der Waals surface area (Å²) in [6, 6.07) is 12.9. The van der Waals surface area contributed by atoms with Crippen LogP contribution in [0.2, 0.25) is 0 Å². The van der Waals surface area contributed by atoms with Gasteiger partial charge < -0.3 is 39.7 Å². The van der Waals surface area contributed by atoms with Crippen LogP contribution in [0, 0.1) is 0 Å². The van der Waals surface area contributed by atoms with Gasteiger partial charge in [-0.3, -0.25) is 0 Å². The molecule has 1 heterocycles. The monoisotopic (exact) mass is 432 g/mol. The van der Waals surface area contributed by atoms with Crippen LogP contribution >= 0.6 is 0 Å². The van der Waals surface area contributed by atoms with E-state index < -0.39 is 43.3 Å². The quantitative estimate of drug-likeness (QED) is 0.308. The van der Waals surface area contributed by atoms with E-state index in [4.69, 9.17) is 14.2 Å². The molecule has 1 fully saturated rings. The number of hydrogen-bond donors (Lipinski definition) is 5. The van der Waals surface area contributed by atoms with Gasteiger partial charge in [0.2, 0.25) is 6.29 Å². The molecule has 0 aromatic heterocycles. The predicted molar refractivity (Wildman–Crippen MR) is 108 cm³/mol. The van der Waals surface area contributed by atoms with Crippen LogP contribution < -0.4 is 4.74 Å².